The van der Waals surface area contributed by atoms with E-state index in [4.69, 9.17) is 10.8 Å². The molecular weight excluding hydrogens is 204 g/mol. The Morgan fingerprint density at radius 1 is 1.50 bits per heavy atom. The predicted molar refractivity (Wildman–Crippen MR) is 58.7 cm³/mol. The van der Waals surface area contributed by atoms with E-state index in [1.54, 1.807) is 12.1 Å². The largest absolute Gasteiger partial charge is 0.399 e. The number of rotatable bonds is 3. The molecule has 3 N–H and O–H groups in total. The molecule has 0 unspecified atom stereocenters. The molecule has 0 aliphatic carbocycles. The van der Waals surface area contributed by atoms with Crippen molar-refractivity contribution in [2.45, 2.75) is 6.42 Å². The van der Waals surface area contributed by atoms with Gasteiger partial charge in [-0.05, 0) is 6.07 Å². The van der Waals surface area contributed by atoms with Gasteiger partial charge in [0, 0.05) is 30.3 Å². The molecule has 0 spiro atoms. The second kappa shape index (κ2) is 5.46. The lowest BCUT2D eigenvalue weighted by Crippen LogP contribution is -1.99. The Hall–Kier alpha value is -1.27. The molecular formula is C8H12N2O3S. The maximum Gasteiger partial charge on any atom is 0.274 e. The highest BCUT2D eigenvalue weighted by Crippen LogP contribution is 2.21. The van der Waals surface area contributed by atoms with Crippen molar-refractivity contribution in [3.05, 3.63) is 33.9 Å². The average molecular weight is 216 g/mol. The molecule has 1 rings (SSSR count). The predicted octanol–water partition coefficient (Wildman–Crippen LogP) is 0.825. The molecule has 78 valence electrons. The van der Waals surface area contributed by atoms with Crippen molar-refractivity contribution in [1.29, 1.82) is 0 Å². The number of nitro benzene ring substituents is 1. The van der Waals surface area contributed by atoms with Gasteiger partial charge in [-0.3, -0.25) is 10.1 Å². The van der Waals surface area contributed by atoms with Crippen LogP contribution in [0.25, 0.3) is 0 Å². The van der Waals surface area contributed by atoms with Crippen molar-refractivity contribution >= 4 is 24.9 Å². The Morgan fingerprint density at radius 2 is 2.14 bits per heavy atom. The number of nitrogens with zero attached hydrogens (tertiary/aromatic N) is 1. The zero-order valence-corrected chi connectivity index (χ0v) is 8.43. The molecule has 0 aliphatic heterocycles. The van der Waals surface area contributed by atoms with Crippen molar-refractivity contribution in [2.75, 3.05) is 12.3 Å². The fourth-order valence-electron chi connectivity index (χ4n) is 1.08. The van der Waals surface area contributed by atoms with Crippen molar-refractivity contribution in [3.8, 4) is 0 Å². The second-order valence-corrected chi connectivity index (χ2v) is 2.62. The highest BCUT2D eigenvalue weighted by Gasteiger charge is 2.12. The van der Waals surface area contributed by atoms with Crippen LogP contribution in [-0.2, 0) is 6.42 Å². The van der Waals surface area contributed by atoms with Crippen LogP contribution >= 0.6 is 13.5 Å². The third-order valence-corrected chi connectivity index (χ3v) is 1.69. The lowest BCUT2D eigenvalue weighted by atomic mass is 10.1. The summed E-state index contributed by atoms with van der Waals surface area (Å²) in [7, 11) is 0. The number of nitro groups is 1. The van der Waals surface area contributed by atoms with Gasteiger partial charge in [0.1, 0.15) is 0 Å². The molecule has 1 aromatic carbocycles. The third kappa shape index (κ3) is 2.90. The Kier molecular flexibility index (Phi) is 4.96. The van der Waals surface area contributed by atoms with Gasteiger partial charge in [-0.1, -0.05) is 6.07 Å². The standard InChI is InChI=1S/C8H10N2O3.H2S/c9-7-2-1-6(3-4-11)8(5-7)10(12)13;/h1-2,5,11H,3-4,9H2;1H2. The van der Waals surface area contributed by atoms with Crippen LogP contribution in [0, 0.1) is 10.1 Å². The van der Waals surface area contributed by atoms with E-state index in [0.29, 0.717) is 11.3 Å². The van der Waals surface area contributed by atoms with Gasteiger partial charge in [-0.2, -0.15) is 13.5 Å². The molecule has 5 nitrogen and oxygen atoms in total. The van der Waals surface area contributed by atoms with Crippen molar-refractivity contribution in [1.82, 2.24) is 0 Å². The molecule has 0 bridgehead atoms. The first-order valence-corrected chi connectivity index (χ1v) is 3.79. The Labute approximate surface area is 88.1 Å². The molecule has 0 radical (unpaired) electrons. The molecule has 0 aromatic heterocycles. The maximum absolute atomic E-state index is 10.5. The number of nitrogen functional groups attached to an aromatic ring is 1. The molecule has 0 saturated carbocycles. The summed E-state index contributed by atoms with van der Waals surface area (Å²) in [6.07, 6.45) is 0.274. The number of aliphatic hydroxyl groups excluding tert-OH is 1. The van der Waals surface area contributed by atoms with E-state index in [2.05, 4.69) is 0 Å². The smallest absolute Gasteiger partial charge is 0.274 e. The minimum Gasteiger partial charge on any atom is -0.399 e. The number of hydrogen-bond acceptors (Lipinski definition) is 4. The van der Waals surface area contributed by atoms with Crippen LogP contribution in [0.15, 0.2) is 18.2 Å². The van der Waals surface area contributed by atoms with E-state index in [1.165, 1.54) is 6.07 Å². The summed E-state index contributed by atoms with van der Waals surface area (Å²) in [5.74, 6) is 0. The molecule has 14 heavy (non-hydrogen) atoms. The van der Waals surface area contributed by atoms with Crippen molar-refractivity contribution in [2.24, 2.45) is 0 Å². The number of nitrogens with two attached hydrogens (primary N) is 1. The summed E-state index contributed by atoms with van der Waals surface area (Å²) in [6, 6.07) is 4.44. The number of aliphatic hydroxyl groups is 1. The highest BCUT2D eigenvalue weighted by atomic mass is 32.1. The van der Waals surface area contributed by atoms with Gasteiger partial charge in [0.05, 0.1) is 4.92 Å². The third-order valence-electron chi connectivity index (χ3n) is 1.69. The number of benzene rings is 1. The molecule has 1 aromatic rings. The molecule has 0 atom stereocenters. The molecule has 0 fully saturated rings. The summed E-state index contributed by atoms with van der Waals surface area (Å²) in [6.45, 7) is -0.106. The molecule has 0 amide bonds. The zero-order valence-electron chi connectivity index (χ0n) is 7.43. The molecule has 0 aliphatic rings. The van der Waals surface area contributed by atoms with Crippen LogP contribution in [0.4, 0.5) is 11.4 Å². The second-order valence-electron chi connectivity index (χ2n) is 2.62. The Morgan fingerprint density at radius 3 is 2.64 bits per heavy atom. The van der Waals surface area contributed by atoms with Gasteiger partial charge in [0.15, 0.2) is 0 Å². The summed E-state index contributed by atoms with van der Waals surface area (Å²) in [5, 5.41) is 19.2. The maximum atomic E-state index is 10.5. The summed E-state index contributed by atoms with van der Waals surface area (Å²) < 4.78 is 0. The van der Waals surface area contributed by atoms with Crippen LogP contribution in [0.5, 0.6) is 0 Å². The van der Waals surface area contributed by atoms with E-state index in [0.717, 1.165) is 0 Å². The van der Waals surface area contributed by atoms with Crippen molar-refractivity contribution < 1.29 is 10.0 Å². The quantitative estimate of drug-likeness (QED) is 0.445. The van der Waals surface area contributed by atoms with Gasteiger partial charge >= 0.3 is 0 Å². The zero-order chi connectivity index (χ0) is 9.84. The van der Waals surface area contributed by atoms with Gasteiger partial charge in [0.2, 0.25) is 0 Å². The van der Waals surface area contributed by atoms with Gasteiger partial charge in [-0.25, -0.2) is 0 Å². The SMILES string of the molecule is Nc1ccc(CCO)c([N+](=O)[O-])c1.S. The van der Waals surface area contributed by atoms with Crippen LogP contribution in [0.1, 0.15) is 5.56 Å². The molecule has 0 heterocycles. The highest BCUT2D eigenvalue weighted by molar-refractivity contribution is 7.59. The van der Waals surface area contributed by atoms with Crippen LogP contribution in [-0.4, -0.2) is 16.6 Å². The van der Waals surface area contributed by atoms with Crippen LogP contribution in [0.2, 0.25) is 0 Å². The van der Waals surface area contributed by atoms with Gasteiger partial charge in [0.25, 0.3) is 5.69 Å². The van der Waals surface area contributed by atoms with E-state index < -0.39 is 4.92 Å². The topological polar surface area (TPSA) is 89.4 Å². The Bertz CT molecular complexity index is 330. The van der Waals surface area contributed by atoms with Gasteiger partial charge in [-0.15, -0.1) is 0 Å². The molecule has 0 saturated heterocycles. The normalized spacial score (nSPS) is 9.21. The summed E-state index contributed by atoms with van der Waals surface area (Å²) in [5.41, 5.74) is 6.22. The minimum absolute atomic E-state index is 0. The fraction of sp³-hybridized carbons (Fsp3) is 0.250. The van der Waals surface area contributed by atoms with Gasteiger partial charge < -0.3 is 10.8 Å². The van der Waals surface area contributed by atoms with E-state index >= 15 is 0 Å². The fourth-order valence-corrected chi connectivity index (χ4v) is 1.08. The lowest BCUT2D eigenvalue weighted by Gasteiger charge is -2.01. The lowest BCUT2D eigenvalue weighted by molar-refractivity contribution is -0.385. The first-order chi connectivity index (χ1) is 6.15. The minimum atomic E-state index is -0.499. The first-order valence-electron chi connectivity index (χ1n) is 3.79. The first kappa shape index (κ1) is 12.7. The summed E-state index contributed by atoms with van der Waals surface area (Å²) in [4.78, 5) is 10.0. The monoisotopic (exact) mass is 216 g/mol. The van der Waals surface area contributed by atoms with E-state index in [-0.39, 0.29) is 32.2 Å². The van der Waals surface area contributed by atoms with E-state index in [9.17, 15) is 10.1 Å². The summed E-state index contributed by atoms with van der Waals surface area (Å²) >= 11 is 0. The average Bonchev–Trinajstić information content (AvgIpc) is 2.08. The Balaban J connectivity index is 0.00000169. The number of anilines is 1. The van der Waals surface area contributed by atoms with Crippen LogP contribution < -0.4 is 5.73 Å². The van der Waals surface area contributed by atoms with Crippen molar-refractivity contribution in [3.63, 3.8) is 0 Å². The molecule has 6 heteroatoms. The van der Waals surface area contributed by atoms with Crippen LogP contribution in [0.3, 0.4) is 0 Å². The van der Waals surface area contributed by atoms with E-state index in [1.807, 2.05) is 0 Å². The number of hydrogen-bond donors (Lipinski definition) is 2.